The van der Waals surface area contributed by atoms with Gasteiger partial charge in [0, 0.05) is 17.8 Å². The van der Waals surface area contributed by atoms with Crippen LogP contribution in [0.1, 0.15) is 47.0 Å². The predicted octanol–water partition coefficient (Wildman–Crippen LogP) is -1.96. The Bertz CT molecular complexity index is 728. The molecule has 1 spiro atoms. The number of hydrogen-bond acceptors (Lipinski definition) is 9. The topological polar surface area (TPSA) is 168 Å². The predicted molar refractivity (Wildman–Crippen MR) is 97.1 cm³/mol. The van der Waals surface area contributed by atoms with Crippen LogP contribution in [-0.2, 0) is 9.53 Å². The zero-order valence-corrected chi connectivity index (χ0v) is 17.1. The third kappa shape index (κ3) is 2.12. The first-order valence-electron chi connectivity index (χ1n) is 10.2. The van der Waals surface area contributed by atoms with E-state index in [1.165, 1.54) is 27.7 Å². The molecule has 1 saturated heterocycles. The van der Waals surface area contributed by atoms with Gasteiger partial charge in [0.1, 0.15) is 11.7 Å². The van der Waals surface area contributed by atoms with Crippen LogP contribution in [0.5, 0.6) is 0 Å². The summed E-state index contributed by atoms with van der Waals surface area (Å²) in [5.74, 6) is -3.59. The van der Waals surface area contributed by atoms with Crippen molar-refractivity contribution in [3.05, 3.63) is 0 Å². The maximum Gasteiger partial charge on any atom is 0.307 e. The van der Waals surface area contributed by atoms with E-state index in [0.717, 1.165) is 0 Å². The molecule has 9 nitrogen and oxygen atoms in total. The molecule has 4 fully saturated rings. The van der Waals surface area contributed by atoms with Gasteiger partial charge in [-0.3, -0.25) is 4.79 Å². The first kappa shape index (κ1) is 21.4. The van der Waals surface area contributed by atoms with Crippen molar-refractivity contribution in [2.75, 3.05) is 0 Å². The Morgan fingerprint density at radius 1 is 0.931 bits per heavy atom. The highest BCUT2D eigenvalue weighted by Crippen LogP contribution is 2.68. The van der Waals surface area contributed by atoms with Gasteiger partial charge in [0.25, 0.3) is 0 Å². The Morgan fingerprint density at radius 2 is 1.52 bits per heavy atom. The Hall–Kier alpha value is -0.810. The average Bonchev–Trinajstić information content (AvgIpc) is 2.99. The van der Waals surface area contributed by atoms with Gasteiger partial charge in [0.15, 0.2) is 5.60 Å². The van der Waals surface area contributed by atoms with E-state index in [9.17, 15) is 40.5 Å². The SMILES string of the molecule is CC(C)(O)[C@]12OC(=O)C[C@H]1[C@](C)(O)[C@@H]1CC[C@@H]3[C@@H](O)[C@@]1([C@H](O)[C@H]2O)[C@@H](O)[C@@]3(C)O. The molecule has 0 amide bonds. The van der Waals surface area contributed by atoms with Gasteiger partial charge in [-0.2, -0.15) is 0 Å². The minimum atomic E-state index is -2.07. The summed E-state index contributed by atoms with van der Waals surface area (Å²) in [6, 6.07) is 0. The van der Waals surface area contributed by atoms with Crippen LogP contribution in [0.15, 0.2) is 0 Å². The van der Waals surface area contributed by atoms with Crippen molar-refractivity contribution in [1.29, 1.82) is 0 Å². The highest BCUT2D eigenvalue weighted by Gasteiger charge is 2.82. The minimum absolute atomic E-state index is 0.234. The molecule has 0 aromatic rings. The van der Waals surface area contributed by atoms with E-state index in [2.05, 4.69) is 0 Å². The molecule has 2 bridgehead atoms. The quantitative estimate of drug-likeness (QED) is 0.240. The maximum absolute atomic E-state index is 12.3. The van der Waals surface area contributed by atoms with Gasteiger partial charge in [-0.15, -0.1) is 0 Å². The molecule has 9 heteroatoms. The van der Waals surface area contributed by atoms with Gasteiger partial charge in [-0.05, 0) is 40.5 Å². The molecule has 0 radical (unpaired) electrons. The van der Waals surface area contributed by atoms with E-state index < -0.39 is 76.0 Å². The summed E-state index contributed by atoms with van der Waals surface area (Å²) in [4.78, 5) is 12.3. The lowest BCUT2D eigenvalue weighted by Gasteiger charge is -2.52. The van der Waals surface area contributed by atoms with Crippen LogP contribution in [0.25, 0.3) is 0 Å². The second-order valence-electron chi connectivity index (χ2n) is 10.5. The number of aliphatic hydroxyl groups excluding tert-OH is 4. The second kappa shape index (κ2) is 5.70. The molecular weight excluding hydrogens is 384 g/mol. The second-order valence-corrected chi connectivity index (χ2v) is 10.5. The Kier molecular flexibility index (Phi) is 4.21. The van der Waals surface area contributed by atoms with Gasteiger partial charge in [0.05, 0.1) is 41.3 Å². The molecule has 29 heavy (non-hydrogen) atoms. The molecular formula is C20H32O9. The van der Waals surface area contributed by atoms with E-state index >= 15 is 0 Å². The van der Waals surface area contributed by atoms with E-state index in [1.807, 2.05) is 0 Å². The molecule has 3 aliphatic carbocycles. The molecule has 11 atom stereocenters. The lowest BCUT2D eigenvalue weighted by molar-refractivity contribution is -0.250. The van der Waals surface area contributed by atoms with Crippen molar-refractivity contribution < 1.29 is 45.3 Å². The molecule has 4 rings (SSSR count). The van der Waals surface area contributed by atoms with Crippen LogP contribution < -0.4 is 0 Å². The van der Waals surface area contributed by atoms with Gasteiger partial charge in [0.2, 0.25) is 0 Å². The molecule has 4 aliphatic rings. The van der Waals surface area contributed by atoms with E-state index in [4.69, 9.17) is 4.74 Å². The first-order valence-corrected chi connectivity index (χ1v) is 10.2. The summed E-state index contributed by atoms with van der Waals surface area (Å²) in [5, 5.41) is 78.7. The summed E-state index contributed by atoms with van der Waals surface area (Å²) in [7, 11) is 0. The van der Waals surface area contributed by atoms with Crippen LogP contribution in [0, 0.1) is 23.2 Å². The zero-order chi connectivity index (χ0) is 21.9. The average molecular weight is 416 g/mol. The zero-order valence-electron chi connectivity index (χ0n) is 17.1. The van der Waals surface area contributed by atoms with Gasteiger partial charge >= 0.3 is 5.97 Å². The van der Waals surface area contributed by atoms with Crippen LogP contribution in [0.2, 0.25) is 0 Å². The summed E-state index contributed by atoms with van der Waals surface area (Å²) < 4.78 is 5.46. The van der Waals surface area contributed by atoms with Crippen LogP contribution in [0.3, 0.4) is 0 Å². The number of esters is 1. The number of rotatable bonds is 1. The monoisotopic (exact) mass is 416 g/mol. The lowest BCUT2D eigenvalue weighted by Crippen LogP contribution is -2.68. The fourth-order valence-electron chi connectivity index (χ4n) is 7.51. The highest BCUT2D eigenvalue weighted by atomic mass is 16.6. The number of fused-ring (bicyclic) bond motifs is 2. The molecule has 7 N–H and O–H groups in total. The van der Waals surface area contributed by atoms with Crippen molar-refractivity contribution in [2.24, 2.45) is 23.2 Å². The van der Waals surface area contributed by atoms with Crippen LogP contribution >= 0.6 is 0 Å². The summed E-state index contributed by atoms with van der Waals surface area (Å²) in [6.07, 6.45) is -6.69. The summed E-state index contributed by atoms with van der Waals surface area (Å²) in [6.45, 7) is 5.42. The van der Waals surface area contributed by atoms with Crippen molar-refractivity contribution >= 4 is 5.97 Å². The van der Waals surface area contributed by atoms with Gasteiger partial charge < -0.3 is 40.5 Å². The van der Waals surface area contributed by atoms with Crippen molar-refractivity contribution in [3.8, 4) is 0 Å². The van der Waals surface area contributed by atoms with Crippen molar-refractivity contribution in [3.63, 3.8) is 0 Å². The summed E-state index contributed by atoms with van der Waals surface area (Å²) in [5.41, 5.74) is -9.39. The third-order valence-electron chi connectivity index (χ3n) is 8.83. The molecule has 1 aliphatic heterocycles. The molecule has 3 saturated carbocycles. The molecule has 1 heterocycles. The fraction of sp³-hybridized carbons (Fsp3) is 0.950. The Labute approximate surface area is 168 Å². The number of ether oxygens (including phenoxy) is 1. The van der Waals surface area contributed by atoms with Gasteiger partial charge in [-0.25, -0.2) is 0 Å². The van der Waals surface area contributed by atoms with Crippen LogP contribution in [-0.4, -0.2) is 88.5 Å². The molecule has 0 unspecified atom stereocenters. The number of carbonyl (C=O) groups is 1. The first-order chi connectivity index (χ1) is 13.1. The lowest BCUT2D eigenvalue weighted by atomic mass is 9.55. The normalized spacial score (nSPS) is 59.7. The largest absolute Gasteiger partial charge is 0.453 e. The number of hydrogen-bond donors (Lipinski definition) is 7. The fourth-order valence-corrected chi connectivity index (χ4v) is 7.51. The van der Waals surface area contributed by atoms with E-state index in [0.29, 0.717) is 0 Å². The van der Waals surface area contributed by atoms with E-state index in [1.54, 1.807) is 0 Å². The smallest absolute Gasteiger partial charge is 0.307 e. The van der Waals surface area contributed by atoms with Crippen LogP contribution in [0.4, 0.5) is 0 Å². The highest BCUT2D eigenvalue weighted by molar-refractivity contribution is 5.74. The molecule has 166 valence electrons. The maximum atomic E-state index is 12.3. The standard InChI is InChI=1S/C20H32O9/c1-16(2,26)20-10(7-11(21)29-20)18(4,28)9-6-5-8-12(22)19(9,13(23)14(20)24)15(25)17(8,3)27/h8-10,12-15,22-28H,5-7H2,1-4H3/t8-,9+,10+,12-,13-,14-,15+,17+,18-,19+,20+/m1/s1. The number of aliphatic hydroxyl groups is 7. The van der Waals surface area contributed by atoms with E-state index in [-0.39, 0.29) is 19.3 Å². The minimum Gasteiger partial charge on any atom is -0.453 e. The Morgan fingerprint density at radius 3 is 2.07 bits per heavy atom. The summed E-state index contributed by atoms with van der Waals surface area (Å²) >= 11 is 0. The Balaban J connectivity index is 2.02. The molecule has 0 aromatic carbocycles. The molecule has 0 aromatic heterocycles. The van der Waals surface area contributed by atoms with Gasteiger partial charge in [-0.1, -0.05) is 0 Å². The van der Waals surface area contributed by atoms with Crippen molar-refractivity contribution in [1.82, 2.24) is 0 Å². The number of carbonyl (C=O) groups excluding carboxylic acids is 1. The third-order valence-corrected chi connectivity index (χ3v) is 8.83. The van der Waals surface area contributed by atoms with Crippen molar-refractivity contribution in [2.45, 2.75) is 93.8 Å².